The van der Waals surface area contributed by atoms with Crippen molar-refractivity contribution < 1.29 is 9.53 Å². The zero-order valence-corrected chi connectivity index (χ0v) is 16.2. The zero-order chi connectivity index (χ0) is 18.9. The summed E-state index contributed by atoms with van der Waals surface area (Å²) in [4.78, 5) is 15.1. The molecule has 1 aromatic carbocycles. The van der Waals surface area contributed by atoms with Crippen molar-refractivity contribution in [2.75, 3.05) is 31.6 Å². The van der Waals surface area contributed by atoms with Gasteiger partial charge >= 0.3 is 0 Å². The van der Waals surface area contributed by atoms with Gasteiger partial charge in [-0.15, -0.1) is 0 Å². The van der Waals surface area contributed by atoms with Crippen LogP contribution in [0.25, 0.3) is 0 Å². The van der Waals surface area contributed by atoms with E-state index < -0.39 is 0 Å². The molecule has 148 valence electrons. The largest absolute Gasteiger partial charge is 0.381 e. The van der Waals surface area contributed by atoms with E-state index in [9.17, 15) is 4.79 Å². The van der Waals surface area contributed by atoms with Gasteiger partial charge in [-0.2, -0.15) is 5.10 Å². The molecule has 0 spiro atoms. The standard InChI is InChI=1S/C22H28N4O2/c27-22(18-8-12-28-15-18)24-21-5-9-23-26(21)19-6-10-25(11-7-19)20-13-16-3-1-2-4-17(16)14-20/h1-5,9,18-20H,6-8,10-15H2,(H,24,27)/t18-/m1/s1. The molecule has 2 aliphatic heterocycles. The van der Waals surface area contributed by atoms with Gasteiger partial charge in [-0.3, -0.25) is 9.69 Å². The fourth-order valence-electron chi connectivity index (χ4n) is 4.96. The molecule has 5 rings (SSSR count). The predicted octanol–water partition coefficient (Wildman–Crippen LogP) is 2.66. The molecule has 0 bridgehead atoms. The molecule has 6 heteroatoms. The Morgan fingerprint density at radius 2 is 1.79 bits per heavy atom. The first-order valence-corrected chi connectivity index (χ1v) is 10.5. The molecule has 0 radical (unpaired) electrons. The zero-order valence-electron chi connectivity index (χ0n) is 16.2. The molecule has 1 atom stereocenters. The van der Waals surface area contributed by atoms with E-state index in [1.807, 2.05) is 10.7 Å². The monoisotopic (exact) mass is 380 g/mol. The molecule has 2 fully saturated rings. The molecule has 0 unspecified atom stereocenters. The van der Waals surface area contributed by atoms with Crippen LogP contribution in [0.4, 0.5) is 5.82 Å². The maximum Gasteiger partial charge on any atom is 0.231 e. The van der Waals surface area contributed by atoms with Crippen molar-refractivity contribution >= 4 is 11.7 Å². The van der Waals surface area contributed by atoms with E-state index in [0.29, 0.717) is 25.3 Å². The number of piperidine rings is 1. The summed E-state index contributed by atoms with van der Waals surface area (Å²) in [7, 11) is 0. The van der Waals surface area contributed by atoms with Crippen LogP contribution in [0, 0.1) is 5.92 Å². The second kappa shape index (κ2) is 7.68. The number of nitrogens with zero attached hydrogens (tertiary/aromatic N) is 3. The molecule has 3 heterocycles. The van der Waals surface area contributed by atoms with Crippen molar-refractivity contribution in [2.45, 2.75) is 44.2 Å². The van der Waals surface area contributed by atoms with Gasteiger partial charge in [0.25, 0.3) is 0 Å². The van der Waals surface area contributed by atoms with E-state index in [0.717, 1.165) is 38.2 Å². The summed E-state index contributed by atoms with van der Waals surface area (Å²) in [5.41, 5.74) is 3.03. The maximum absolute atomic E-state index is 12.4. The van der Waals surface area contributed by atoms with Crippen molar-refractivity contribution in [1.82, 2.24) is 14.7 Å². The van der Waals surface area contributed by atoms with Crippen molar-refractivity contribution in [2.24, 2.45) is 5.92 Å². The number of hydrogen-bond donors (Lipinski definition) is 1. The summed E-state index contributed by atoms with van der Waals surface area (Å²) in [6.07, 6.45) is 7.09. The van der Waals surface area contributed by atoms with Gasteiger partial charge in [-0.1, -0.05) is 24.3 Å². The first-order valence-electron chi connectivity index (χ1n) is 10.5. The number of benzene rings is 1. The topological polar surface area (TPSA) is 59.4 Å². The summed E-state index contributed by atoms with van der Waals surface area (Å²) in [5.74, 6) is 0.846. The van der Waals surface area contributed by atoms with Gasteiger partial charge in [-0.25, -0.2) is 4.68 Å². The number of aromatic nitrogens is 2. The van der Waals surface area contributed by atoms with Crippen LogP contribution >= 0.6 is 0 Å². The van der Waals surface area contributed by atoms with Gasteiger partial charge in [-0.05, 0) is 43.2 Å². The van der Waals surface area contributed by atoms with E-state index in [1.54, 1.807) is 6.20 Å². The predicted molar refractivity (Wildman–Crippen MR) is 107 cm³/mol. The van der Waals surface area contributed by atoms with Gasteiger partial charge in [0, 0.05) is 31.8 Å². The van der Waals surface area contributed by atoms with E-state index in [2.05, 4.69) is 39.6 Å². The minimum atomic E-state index is -0.0332. The third-order valence-corrected chi connectivity index (χ3v) is 6.61. The lowest BCUT2D eigenvalue weighted by Crippen LogP contribution is -2.42. The second-order valence-electron chi connectivity index (χ2n) is 8.31. The first kappa shape index (κ1) is 17.9. The second-order valence-corrected chi connectivity index (χ2v) is 8.31. The van der Waals surface area contributed by atoms with Crippen LogP contribution in [0.3, 0.4) is 0 Å². The Balaban J connectivity index is 1.19. The molecule has 3 aliphatic rings. The number of amides is 1. The van der Waals surface area contributed by atoms with Crippen LogP contribution in [0.2, 0.25) is 0 Å². The molecule has 6 nitrogen and oxygen atoms in total. The van der Waals surface area contributed by atoms with Crippen LogP contribution in [-0.4, -0.2) is 52.9 Å². The molecular weight excluding hydrogens is 352 g/mol. The summed E-state index contributed by atoms with van der Waals surface area (Å²) in [6, 6.07) is 11.7. The molecule has 2 saturated heterocycles. The number of carbonyl (C=O) groups excluding carboxylic acids is 1. The molecule has 1 aliphatic carbocycles. The minimum absolute atomic E-state index is 0.0332. The highest BCUT2D eigenvalue weighted by atomic mass is 16.5. The highest BCUT2D eigenvalue weighted by molar-refractivity contribution is 5.92. The number of likely N-dealkylation sites (tertiary alicyclic amines) is 1. The number of anilines is 1. The third kappa shape index (κ3) is 3.47. The van der Waals surface area contributed by atoms with Crippen LogP contribution in [0.15, 0.2) is 36.5 Å². The summed E-state index contributed by atoms with van der Waals surface area (Å²) < 4.78 is 7.36. The number of rotatable bonds is 4. The normalized spacial score (nSPS) is 23.8. The maximum atomic E-state index is 12.4. The number of nitrogens with one attached hydrogen (secondary N) is 1. The fourth-order valence-corrected chi connectivity index (χ4v) is 4.96. The summed E-state index contributed by atoms with van der Waals surface area (Å²) >= 11 is 0. The lowest BCUT2D eigenvalue weighted by atomic mass is 10.0. The highest BCUT2D eigenvalue weighted by Crippen LogP contribution is 2.31. The Bertz CT molecular complexity index is 810. The molecule has 0 saturated carbocycles. The molecule has 28 heavy (non-hydrogen) atoms. The van der Waals surface area contributed by atoms with Crippen molar-refractivity contribution in [1.29, 1.82) is 0 Å². The quantitative estimate of drug-likeness (QED) is 0.886. The van der Waals surface area contributed by atoms with Crippen molar-refractivity contribution in [3.8, 4) is 0 Å². The van der Waals surface area contributed by atoms with E-state index in [1.165, 1.54) is 24.0 Å². The highest BCUT2D eigenvalue weighted by Gasteiger charge is 2.31. The molecule has 1 amide bonds. The Kier molecular flexibility index (Phi) is 4.91. The SMILES string of the molecule is O=C(Nc1ccnn1C1CCN(C2Cc3ccccc3C2)CC1)[C@@H]1CCOC1. The van der Waals surface area contributed by atoms with E-state index >= 15 is 0 Å². The Morgan fingerprint density at radius 1 is 1.04 bits per heavy atom. The average Bonchev–Trinajstić information content (AvgIpc) is 3.48. The number of hydrogen-bond acceptors (Lipinski definition) is 4. The molecule has 1 N–H and O–H groups in total. The van der Waals surface area contributed by atoms with Crippen LogP contribution in [0.1, 0.15) is 36.4 Å². The van der Waals surface area contributed by atoms with Gasteiger partial charge in [0.1, 0.15) is 5.82 Å². The summed E-state index contributed by atoms with van der Waals surface area (Å²) in [6.45, 7) is 3.39. The Hall–Kier alpha value is -2.18. The number of carbonyl (C=O) groups is 1. The molecular formula is C22H28N4O2. The third-order valence-electron chi connectivity index (χ3n) is 6.61. The van der Waals surface area contributed by atoms with Gasteiger partial charge in [0.15, 0.2) is 0 Å². The smallest absolute Gasteiger partial charge is 0.231 e. The molecule has 2 aromatic rings. The fraction of sp³-hybridized carbons (Fsp3) is 0.545. The average molecular weight is 380 g/mol. The van der Waals surface area contributed by atoms with Gasteiger partial charge < -0.3 is 10.1 Å². The van der Waals surface area contributed by atoms with Gasteiger partial charge in [0.05, 0.1) is 24.8 Å². The van der Waals surface area contributed by atoms with Crippen molar-refractivity contribution in [3.63, 3.8) is 0 Å². The minimum Gasteiger partial charge on any atom is -0.381 e. The van der Waals surface area contributed by atoms with E-state index in [4.69, 9.17) is 4.74 Å². The lowest BCUT2D eigenvalue weighted by Gasteiger charge is -2.36. The van der Waals surface area contributed by atoms with Crippen LogP contribution in [-0.2, 0) is 22.4 Å². The Morgan fingerprint density at radius 3 is 2.46 bits per heavy atom. The van der Waals surface area contributed by atoms with Crippen LogP contribution in [0.5, 0.6) is 0 Å². The number of ether oxygens (including phenoxy) is 1. The van der Waals surface area contributed by atoms with Crippen molar-refractivity contribution in [3.05, 3.63) is 47.7 Å². The molecule has 1 aromatic heterocycles. The Labute approximate surface area is 165 Å². The van der Waals surface area contributed by atoms with Gasteiger partial charge in [0.2, 0.25) is 5.91 Å². The van der Waals surface area contributed by atoms with E-state index in [-0.39, 0.29) is 11.8 Å². The first-order chi connectivity index (χ1) is 13.8. The lowest BCUT2D eigenvalue weighted by molar-refractivity contribution is -0.119. The van der Waals surface area contributed by atoms with Crippen LogP contribution < -0.4 is 5.32 Å². The summed E-state index contributed by atoms with van der Waals surface area (Å²) in [5, 5.41) is 7.60. The number of fused-ring (bicyclic) bond motifs is 1.